The summed E-state index contributed by atoms with van der Waals surface area (Å²) < 4.78 is 1.25. The van der Waals surface area contributed by atoms with Crippen LogP contribution in [0.1, 0.15) is 30.5 Å². The van der Waals surface area contributed by atoms with Crippen LogP contribution in [-0.4, -0.2) is 11.3 Å². The van der Waals surface area contributed by atoms with Crippen LogP contribution in [0.4, 0.5) is 5.69 Å². The molecule has 5 heteroatoms. The Morgan fingerprint density at radius 3 is 2.86 bits per heavy atom. The zero-order valence-electron chi connectivity index (χ0n) is 12.4. The van der Waals surface area contributed by atoms with E-state index in [-0.39, 0.29) is 6.17 Å². The molecule has 2 atom stereocenters. The molecule has 1 heterocycles. The van der Waals surface area contributed by atoms with E-state index in [2.05, 4.69) is 69.9 Å². The summed E-state index contributed by atoms with van der Waals surface area (Å²) in [5, 5.41) is 13.1. The number of anilines is 1. The minimum Gasteiger partial charge on any atom is -0.508 e. The lowest BCUT2D eigenvalue weighted by molar-refractivity contribution is 0.474. The van der Waals surface area contributed by atoms with E-state index in [0.717, 1.165) is 24.1 Å². The van der Waals surface area contributed by atoms with Crippen molar-refractivity contribution in [2.45, 2.75) is 32.0 Å². The smallest absolute Gasteiger partial charge is 0.116 e. The van der Waals surface area contributed by atoms with Gasteiger partial charge in [0.2, 0.25) is 0 Å². The fraction of sp³-hybridized carbons (Fsp3) is 0.294. The van der Waals surface area contributed by atoms with E-state index in [4.69, 9.17) is 0 Å². The number of phenols is 1. The predicted molar refractivity (Wildman–Crippen MR) is 97.7 cm³/mol. The highest BCUT2D eigenvalue weighted by molar-refractivity contribution is 14.1. The third-order valence-electron chi connectivity index (χ3n) is 3.95. The van der Waals surface area contributed by atoms with Gasteiger partial charge in [-0.15, -0.1) is 0 Å². The molecule has 0 saturated carbocycles. The molecular weight excluding hydrogens is 389 g/mol. The van der Waals surface area contributed by atoms with E-state index in [1.165, 1.54) is 9.13 Å². The minimum absolute atomic E-state index is 0.165. The molecule has 2 aromatic carbocycles. The van der Waals surface area contributed by atoms with E-state index in [0.29, 0.717) is 11.8 Å². The fourth-order valence-electron chi connectivity index (χ4n) is 2.79. The Bertz CT molecular complexity index is 662. The molecule has 4 nitrogen and oxygen atoms in total. The number of aromatic hydroxyl groups is 1. The van der Waals surface area contributed by atoms with Crippen molar-refractivity contribution in [2.24, 2.45) is 0 Å². The number of hydrogen-bond donors (Lipinski definition) is 4. The van der Waals surface area contributed by atoms with Crippen molar-refractivity contribution in [1.29, 1.82) is 0 Å². The van der Waals surface area contributed by atoms with Crippen LogP contribution < -0.4 is 16.2 Å². The molecule has 2 aromatic rings. The second kappa shape index (κ2) is 6.85. The van der Waals surface area contributed by atoms with E-state index in [9.17, 15) is 5.11 Å². The lowest BCUT2D eigenvalue weighted by atomic mass is 10.0. The molecular formula is C17H20IN3O. The van der Waals surface area contributed by atoms with Crippen molar-refractivity contribution in [2.75, 3.05) is 5.32 Å². The lowest BCUT2D eigenvalue weighted by Gasteiger charge is -2.17. The SMILES string of the molecule is CCc1cc(O)ccc1NC1CC(c2cccc(I)c2)NN1. The number of halogens is 1. The molecule has 4 N–H and O–H groups in total. The maximum atomic E-state index is 9.59. The Morgan fingerprint density at radius 1 is 1.23 bits per heavy atom. The van der Waals surface area contributed by atoms with Gasteiger partial charge in [0.25, 0.3) is 0 Å². The molecule has 1 aliphatic heterocycles. The van der Waals surface area contributed by atoms with Crippen molar-refractivity contribution in [1.82, 2.24) is 10.9 Å². The number of rotatable bonds is 4. The van der Waals surface area contributed by atoms with Gasteiger partial charge in [-0.2, -0.15) is 0 Å². The summed E-state index contributed by atoms with van der Waals surface area (Å²) in [5.74, 6) is 0.316. The van der Waals surface area contributed by atoms with Crippen LogP contribution in [0.5, 0.6) is 5.75 Å². The zero-order valence-corrected chi connectivity index (χ0v) is 14.6. The Hall–Kier alpha value is -1.31. The standard InChI is InChI=1S/C17H20IN3O/c1-2-11-9-14(22)6-7-15(11)19-17-10-16(20-21-17)12-4-3-5-13(18)8-12/h3-9,16-17,19-22H,2,10H2,1H3. The van der Waals surface area contributed by atoms with Gasteiger partial charge < -0.3 is 10.4 Å². The normalized spacial score (nSPS) is 21.0. The number of phenolic OH excluding ortho intramolecular Hbond substituents is 1. The van der Waals surface area contributed by atoms with Gasteiger partial charge in [0, 0.05) is 21.7 Å². The molecule has 116 valence electrons. The van der Waals surface area contributed by atoms with Crippen LogP contribution in [0.2, 0.25) is 0 Å². The third kappa shape index (κ3) is 3.53. The van der Waals surface area contributed by atoms with Gasteiger partial charge in [0.1, 0.15) is 5.75 Å². The maximum absolute atomic E-state index is 9.59. The molecule has 0 aromatic heterocycles. The molecule has 1 aliphatic rings. The van der Waals surface area contributed by atoms with Gasteiger partial charge >= 0.3 is 0 Å². The van der Waals surface area contributed by atoms with Crippen LogP contribution in [-0.2, 0) is 6.42 Å². The molecule has 22 heavy (non-hydrogen) atoms. The molecule has 1 fully saturated rings. The molecule has 0 amide bonds. The summed E-state index contributed by atoms with van der Waals surface area (Å²) in [6.07, 6.45) is 2.01. The van der Waals surface area contributed by atoms with Crippen molar-refractivity contribution in [3.05, 3.63) is 57.2 Å². The molecule has 2 unspecified atom stereocenters. The number of benzene rings is 2. The third-order valence-corrected chi connectivity index (χ3v) is 4.62. The molecule has 3 rings (SSSR count). The second-order valence-electron chi connectivity index (χ2n) is 5.52. The van der Waals surface area contributed by atoms with Crippen LogP contribution in [0.25, 0.3) is 0 Å². The monoisotopic (exact) mass is 409 g/mol. The average molecular weight is 409 g/mol. The molecule has 0 radical (unpaired) electrons. The van der Waals surface area contributed by atoms with Crippen LogP contribution in [0, 0.1) is 3.57 Å². The summed E-state index contributed by atoms with van der Waals surface area (Å²) in [5.41, 5.74) is 10.2. The van der Waals surface area contributed by atoms with E-state index < -0.39 is 0 Å². The summed E-state index contributed by atoms with van der Waals surface area (Å²) in [7, 11) is 0. The first-order valence-electron chi connectivity index (χ1n) is 7.50. The molecule has 0 bridgehead atoms. The Morgan fingerprint density at radius 2 is 2.09 bits per heavy atom. The molecule has 0 aliphatic carbocycles. The Kier molecular flexibility index (Phi) is 4.85. The van der Waals surface area contributed by atoms with Crippen LogP contribution in [0.15, 0.2) is 42.5 Å². The van der Waals surface area contributed by atoms with E-state index >= 15 is 0 Å². The number of nitrogens with one attached hydrogen (secondary N) is 3. The van der Waals surface area contributed by atoms with Gasteiger partial charge in [-0.3, -0.25) is 0 Å². The minimum atomic E-state index is 0.165. The average Bonchev–Trinajstić information content (AvgIpc) is 2.97. The lowest BCUT2D eigenvalue weighted by Crippen LogP contribution is -2.36. The van der Waals surface area contributed by atoms with Gasteiger partial charge in [-0.1, -0.05) is 19.1 Å². The van der Waals surface area contributed by atoms with Gasteiger partial charge in [0.05, 0.1) is 6.17 Å². The van der Waals surface area contributed by atoms with Crippen molar-refractivity contribution >= 4 is 28.3 Å². The summed E-state index contributed by atoms with van der Waals surface area (Å²) >= 11 is 2.34. The Labute approximate surface area is 144 Å². The van der Waals surface area contributed by atoms with Crippen molar-refractivity contribution < 1.29 is 5.11 Å². The first kappa shape index (κ1) is 15.6. The summed E-state index contributed by atoms with van der Waals surface area (Å²) in [4.78, 5) is 0. The van der Waals surface area contributed by atoms with Crippen LogP contribution >= 0.6 is 22.6 Å². The van der Waals surface area contributed by atoms with Crippen molar-refractivity contribution in [3.63, 3.8) is 0 Å². The summed E-state index contributed by atoms with van der Waals surface area (Å²) in [6.45, 7) is 2.09. The van der Waals surface area contributed by atoms with Crippen LogP contribution in [0.3, 0.4) is 0 Å². The zero-order chi connectivity index (χ0) is 15.5. The van der Waals surface area contributed by atoms with Gasteiger partial charge in [0.15, 0.2) is 0 Å². The van der Waals surface area contributed by atoms with E-state index in [1.807, 2.05) is 12.1 Å². The van der Waals surface area contributed by atoms with Gasteiger partial charge in [-0.25, -0.2) is 10.9 Å². The fourth-order valence-corrected chi connectivity index (χ4v) is 3.36. The highest BCUT2D eigenvalue weighted by Gasteiger charge is 2.25. The first-order chi connectivity index (χ1) is 10.7. The summed E-state index contributed by atoms with van der Waals surface area (Å²) in [6, 6.07) is 14.3. The predicted octanol–water partition coefficient (Wildman–Crippen LogP) is 3.54. The molecule has 0 spiro atoms. The molecule has 1 saturated heterocycles. The Balaban J connectivity index is 1.68. The number of aryl methyl sites for hydroxylation is 1. The first-order valence-corrected chi connectivity index (χ1v) is 8.58. The van der Waals surface area contributed by atoms with Crippen molar-refractivity contribution in [3.8, 4) is 5.75 Å². The topological polar surface area (TPSA) is 56.3 Å². The second-order valence-corrected chi connectivity index (χ2v) is 6.77. The maximum Gasteiger partial charge on any atom is 0.116 e. The highest BCUT2D eigenvalue weighted by atomic mass is 127. The largest absolute Gasteiger partial charge is 0.508 e. The quantitative estimate of drug-likeness (QED) is 0.461. The number of hydrazine groups is 1. The number of hydrogen-bond acceptors (Lipinski definition) is 4. The van der Waals surface area contributed by atoms with Gasteiger partial charge in [-0.05, 0) is 70.5 Å². The van der Waals surface area contributed by atoms with E-state index in [1.54, 1.807) is 6.07 Å². The highest BCUT2D eigenvalue weighted by Crippen LogP contribution is 2.27.